The summed E-state index contributed by atoms with van der Waals surface area (Å²) in [5.74, 6) is 1.12. The summed E-state index contributed by atoms with van der Waals surface area (Å²) in [6, 6.07) is 15.5. The second kappa shape index (κ2) is 5.61. The van der Waals surface area contributed by atoms with Crippen molar-refractivity contribution in [1.82, 2.24) is 0 Å². The Labute approximate surface area is 117 Å². The van der Waals surface area contributed by atoms with Crippen LogP contribution >= 0.6 is 0 Å². The van der Waals surface area contributed by atoms with Gasteiger partial charge < -0.3 is 0 Å². The molecule has 0 nitrogen and oxygen atoms in total. The Morgan fingerprint density at radius 1 is 0.789 bits per heavy atom. The first kappa shape index (κ1) is 13.9. The van der Waals surface area contributed by atoms with Crippen LogP contribution in [0.3, 0.4) is 0 Å². The molecule has 0 spiro atoms. The van der Waals surface area contributed by atoms with Crippen LogP contribution in [0.5, 0.6) is 0 Å². The van der Waals surface area contributed by atoms with Gasteiger partial charge in [-0.2, -0.15) is 0 Å². The third kappa shape index (κ3) is 2.89. The summed E-state index contributed by atoms with van der Waals surface area (Å²) in [5.41, 5.74) is 7.04. The molecule has 0 heterocycles. The van der Waals surface area contributed by atoms with E-state index in [9.17, 15) is 0 Å². The minimum Gasteiger partial charge on any atom is -0.0614 e. The molecule has 0 aliphatic rings. The van der Waals surface area contributed by atoms with Gasteiger partial charge in [-0.05, 0) is 41.0 Å². The van der Waals surface area contributed by atoms with Crippen LogP contribution in [0.4, 0.5) is 0 Å². The van der Waals surface area contributed by atoms with Gasteiger partial charge in [-0.15, -0.1) is 0 Å². The van der Waals surface area contributed by atoms with Crippen LogP contribution in [-0.2, 0) is 0 Å². The van der Waals surface area contributed by atoms with Crippen LogP contribution in [0.15, 0.2) is 42.5 Å². The Balaban J connectivity index is 2.66. The summed E-state index contributed by atoms with van der Waals surface area (Å²) in [7, 11) is 0. The molecule has 0 heteroatoms. The van der Waals surface area contributed by atoms with Crippen molar-refractivity contribution in [3.05, 3.63) is 59.2 Å². The zero-order chi connectivity index (χ0) is 14.0. The maximum Gasteiger partial charge on any atom is -0.0146 e. The number of hydrogen-bond acceptors (Lipinski definition) is 0. The van der Waals surface area contributed by atoms with Crippen LogP contribution < -0.4 is 0 Å². The smallest absolute Gasteiger partial charge is 0.0146 e. The van der Waals surface area contributed by atoms with Crippen molar-refractivity contribution in [1.29, 1.82) is 0 Å². The molecule has 0 aliphatic carbocycles. The summed E-state index contributed by atoms with van der Waals surface area (Å²) in [6.07, 6.45) is 0. The molecule has 0 saturated heterocycles. The van der Waals surface area contributed by atoms with Gasteiger partial charge in [0.15, 0.2) is 0 Å². The van der Waals surface area contributed by atoms with Crippen LogP contribution in [0, 0.1) is 6.92 Å². The van der Waals surface area contributed by atoms with Crippen molar-refractivity contribution < 1.29 is 0 Å². The van der Waals surface area contributed by atoms with E-state index in [1.807, 2.05) is 0 Å². The lowest BCUT2D eigenvalue weighted by atomic mass is 9.84. The highest BCUT2D eigenvalue weighted by Crippen LogP contribution is 2.35. The van der Waals surface area contributed by atoms with Crippen molar-refractivity contribution in [2.45, 2.75) is 46.5 Å². The minimum absolute atomic E-state index is 0.550. The lowest BCUT2D eigenvalue weighted by Gasteiger charge is -2.20. The highest BCUT2D eigenvalue weighted by molar-refractivity contribution is 5.70. The monoisotopic (exact) mass is 252 g/mol. The second-order valence-corrected chi connectivity index (χ2v) is 5.99. The van der Waals surface area contributed by atoms with Crippen molar-refractivity contribution in [2.75, 3.05) is 0 Å². The van der Waals surface area contributed by atoms with Gasteiger partial charge in [0, 0.05) is 0 Å². The Bertz CT molecular complexity index is 562. The maximum absolute atomic E-state index is 2.29. The zero-order valence-electron chi connectivity index (χ0n) is 12.7. The Morgan fingerprint density at radius 3 is 2.05 bits per heavy atom. The van der Waals surface area contributed by atoms with E-state index in [1.54, 1.807) is 0 Å². The number of benzene rings is 2. The standard InChI is InChI=1S/C19H24/c1-13(2)17-10-7-11-18(19(17)14(3)4)16-9-6-8-15(5)12-16/h6-14H,1-5H3. The molecule has 0 aromatic heterocycles. The van der Waals surface area contributed by atoms with Crippen molar-refractivity contribution in [2.24, 2.45) is 0 Å². The van der Waals surface area contributed by atoms with Gasteiger partial charge in [-0.25, -0.2) is 0 Å². The molecule has 100 valence electrons. The van der Waals surface area contributed by atoms with Crippen LogP contribution in [-0.4, -0.2) is 0 Å². The van der Waals surface area contributed by atoms with E-state index in [-0.39, 0.29) is 0 Å². The molecular weight excluding hydrogens is 228 g/mol. The fourth-order valence-electron chi connectivity index (χ4n) is 2.80. The first-order valence-corrected chi connectivity index (χ1v) is 7.20. The van der Waals surface area contributed by atoms with E-state index in [2.05, 4.69) is 77.1 Å². The van der Waals surface area contributed by atoms with Gasteiger partial charge in [0.25, 0.3) is 0 Å². The predicted octanol–water partition coefficient (Wildman–Crippen LogP) is 5.91. The summed E-state index contributed by atoms with van der Waals surface area (Å²) >= 11 is 0. The first-order chi connectivity index (χ1) is 9.00. The van der Waals surface area contributed by atoms with E-state index in [4.69, 9.17) is 0 Å². The average molecular weight is 252 g/mol. The molecule has 0 bridgehead atoms. The van der Waals surface area contributed by atoms with Crippen LogP contribution in [0.1, 0.15) is 56.2 Å². The molecule has 2 aromatic carbocycles. The predicted molar refractivity (Wildman–Crippen MR) is 84.8 cm³/mol. The van der Waals surface area contributed by atoms with E-state index >= 15 is 0 Å². The lowest BCUT2D eigenvalue weighted by molar-refractivity contribution is 0.792. The minimum atomic E-state index is 0.550. The normalized spacial score (nSPS) is 11.3. The molecule has 0 atom stereocenters. The fraction of sp³-hybridized carbons (Fsp3) is 0.368. The Hall–Kier alpha value is -1.56. The Kier molecular flexibility index (Phi) is 4.09. The largest absolute Gasteiger partial charge is 0.0614 e. The Morgan fingerprint density at radius 2 is 1.47 bits per heavy atom. The maximum atomic E-state index is 2.29. The number of rotatable bonds is 3. The van der Waals surface area contributed by atoms with Crippen molar-refractivity contribution in [3.8, 4) is 11.1 Å². The lowest BCUT2D eigenvalue weighted by Crippen LogP contribution is -2.01. The number of hydrogen-bond donors (Lipinski definition) is 0. The van der Waals surface area contributed by atoms with Gasteiger partial charge in [-0.1, -0.05) is 75.7 Å². The molecule has 0 fully saturated rings. The highest BCUT2D eigenvalue weighted by Gasteiger charge is 2.15. The van der Waals surface area contributed by atoms with Gasteiger partial charge in [0.1, 0.15) is 0 Å². The third-order valence-corrected chi connectivity index (χ3v) is 3.67. The average Bonchev–Trinajstić information content (AvgIpc) is 2.37. The topological polar surface area (TPSA) is 0 Å². The second-order valence-electron chi connectivity index (χ2n) is 5.99. The molecule has 0 saturated carbocycles. The zero-order valence-corrected chi connectivity index (χ0v) is 12.7. The summed E-state index contributed by atoms with van der Waals surface area (Å²) in [4.78, 5) is 0. The van der Waals surface area contributed by atoms with Crippen LogP contribution in [0.25, 0.3) is 11.1 Å². The molecule has 0 amide bonds. The van der Waals surface area contributed by atoms with Gasteiger partial charge in [-0.3, -0.25) is 0 Å². The van der Waals surface area contributed by atoms with Crippen LogP contribution in [0.2, 0.25) is 0 Å². The molecule has 0 aliphatic heterocycles. The van der Waals surface area contributed by atoms with E-state index in [0.717, 1.165) is 0 Å². The molecule has 2 aromatic rings. The first-order valence-electron chi connectivity index (χ1n) is 7.20. The summed E-state index contributed by atoms with van der Waals surface area (Å²) < 4.78 is 0. The van der Waals surface area contributed by atoms with E-state index < -0.39 is 0 Å². The highest BCUT2D eigenvalue weighted by atomic mass is 14.2. The molecule has 0 radical (unpaired) electrons. The van der Waals surface area contributed by atoms with Gasteiger partial charge >= 0.3 is 0 Å². The SMILES string of the molecule is Cc1cccc(-c2cccc(C(C)C)c2C(C)C)c1. The van der Waals surface area contributed by atoms with Gasteiger partial charge in [0.2, 0.25) is 0 Å². The molecule has 0 unspecified atom stereocenters. The molecule has 19 heavy (non-hydrogen) atoms. The van der Waals surface area contributed by atoms with Crippen molar-refractivity contribution in [3.63, 3.8) is 0 Å². The molecule has 0 N–H and O–H groups in total. The van der Waals surface area contributed by atoms with Crippen molar-refractivity contribution >= 4 is 0 Å². The molecule has 2 rings (SSSR count). The molecular formula is C19H24. The van der Waals surface area contributed by atoms with E-state index in [0.29, 0.717) is 11.8 Å². The number of aryl methyl sites for hydroxylation is 1. The summed E-state index contributed by atoms with van der Waals surface area (Å²) in [5, 5.41) is 0. The quantitative estimate of drug-likeness (QED) is 0.637. The fourth-order valence-corrected chi connectivity index (χ4v) is 2.80. The summed E-state index contributed by atoms with van der Waals surface area (Å²) in [6.45, 7) is 11.3. The van der Waals surface area contributed by atoms with E-state index in [1.165, 1.54) is 27.8 Å². The van der Waals surface area contributed by atoms with Gasteiger partial charge in [0.05, 0.1) is 0 Å². The third-order valence-electron chi connectivity index (χ3n) is 3.67.